The van der Waals surface area contributed by atoms with Gasteiger partial charge in [0.25, 0.3) is 0 Å². The topological polar surface area (TPSA) is 72.9 Å². The Morgan fingerprint density at radius 3 is 2.48 bits per heavy atom. The second-order valence-electron chi connectivity index (χ2n) is 14.6. The number of fused-ring (bicyclic) bond motifs is 6. The molecule has 2 saturated heterocycles. The number of likely N-dealkylation sites (tertiary alicyclic amines) is 1. The van der Waals surface area contributed by atoms with Crippen LogP contribution in [0.3, 0.4) is 0 Å². The van der Waals surface area contributed by atoms with Crippen molar-refractivity contribution in [1.82, 2.24) is 4.90 Å². The monoisotopic (exact) mass is 673 g/mol. The van der Waals surface area contributed by atoms with Crippen LogP contribution in [0, 0.1) is 41.9 Å². The van der Waals surface area contributed by atoms with Gasteiger partial charge in [0.2, 0.25) is 0 Å². The first-order valence-corrected chi connectivity index (χ1v) is 18.2. The summed E-state index contributed by atoms with van der Waals surface area (Å²) in [6.45, 7) is 6.66. The lowest BCUT2D eigenvalue weighted by atomic mass is 9.52. The predicted octanol–water partition coefficient (Wildman–Crippen LogP) is 7.23. The molecule has 2 heterocycles. The van der Waals surface area contributed by atoms with E-state index in [4.69, 9.17) is 9.47 Å². The van der Waals surface area contributed by atoms with Gasteiger partial charge in [-0.05, 0) is 98.3 Å². The SMILES string of the molecule is Cc1cc2c(cc1OC(=O)N1CC3COCC3C1)C[C@@H](CCCS(=O)CCCC(F)(F)C(F)(F)F)[C@@H]1[C@@H]2CC[C@]2(C)C(=O)CC[C@@H]12. The molecule has 0 N–H and O–H groups in total. The highest BCUT2D eigenvalue weighted by Crippen LogP contribution is 2.61. The molecular formula is C34H44F5NO5S. The summed E-state index contributed by atoms with van der Waals surface area (Å²) in [7, 11) is -1.50. The van der Waals surface area contributed by atoms with E-state index >= 15 is 0 Å². The second kappa shape index (κ2) is 12.7. The molecule has 5 aliphatic rings. The number of alkyl halides is 5. The molecule has 0 aromatic heterocycles. The molecule has 2 aliphatic heterocycles. The number of hydrogen-bond donors (Lipinski definition) is 0. The van der Waals surface area contributed by atoms with Crippen LogP contribution in [0.4, 0.5) is 26.7 Å². The summed E-state index contributed by atoms with van der Waals surface area (Å²) in [6.07, 6.45) is -2.66. The Morgan fingerprint density at radius 2 is 1.78 bits per heavy atom. The van der Waals surface area contributed by atoms with Gasteiger partial charge in [0, 0.05) is 65.5 Å². The van der Waals surface area contributed by atoms with Crippen LogP contribution in [0.2, 0.25) is 0 Å². The van der Waals surface area contributed by atoms with E-state index < -0.39 is 35.7 Å². The summed E-state index contributed by atoms with van der Waals surface area (Å²) >= 11 is 0. The maximum Gasteiger partial charge on any atom is 0.453 e. The molecule has 4 fully saturated rings. The Labute approximate surface area is 269 Å². The Balaban J connectivity index is 1.15. The van der Waals surface area contributed by atoms with E-state index in [2.05, 4.69) is 13.0 Å². The largest absolute Gasteiger partial charge is 0.453 e. The van der Waals surface area contributed by atoms with Crippen LogP contribution >= 0.6 is 0 Å². The van der Waals surface area contributed by atoms with Crippen LogP contribution in [0.15, 0.2) is 12.1 Å². The van der Waals surface area contributed by atoms with Gasteiger partial charge in [-0.3, -0.25) is 9.00 Å². The van der Waals surface area contributed by atoms with Crippen LogP contribution in [0.5, 0.6) is 5.75 Å². The maximum absolute atomic E-state index is 13.3. The Kier molecular flexibility index (Phi) is 9.37. The fourth-order valence-corrected chi connectivity index (χ4v) is 10.4. The first-order chi connectivity index (χ1) is 21.7. The number of amides is 1. The second-order valence-corrected chi connectivity index (χ2v) is 16.3. The third kappa shape index (κ3) is 6.38. The number of Topliss-reactive ketones (excluding diaryl/α,β-unsaturated/α-hetero) is 1. The first kappa shape index (κ1) is 33.8. The fraction of sp³-hybridized carbons (Fsp3) is 0.765. The third-order valence-corrected chi connectivity index (χ3v) is 13.3. The van der Waals surface area contributed by atoms with Gasteiger partial charge in [0.15, 0.2) is 0 Å². The van der Waals surface area contributed by atoms with Crippen molar-refractivity contribution in [1.29, 1.82) is 0 Å². The van der Waals surface area contributed by atoms with E-state index in [1.54, 1.807) is 4.90 Å². The molecular weight excluding hydrogens is 629 g/mol. The Morgan fingerprint density at radius 1 is 1.09 bits per heavy atom. The zero-order valence-corrected chi connectivity index (χ0v) is 27.3. The third-order valence-electron chi connectivity index (χ3n) is 11.8. The number of nitrogens with zero attached hydrogens (tertiary/aromatic N) is 1. The van der Waals surface area contributed by atoms with Gasteiger partial charge in [-0.15, -0.1) is 0 Å². The summed E-state index contributed by atoms with van der Waals surface area (Å²) in [5.41, 5.74) is 2.92. The van der Waals surface area contributed by atoms with Crippen molar-refractivity contribution in [2.75, 3.05) is 37.8 Å². The van der Waals surface area contributed by atoms with Gasteiger partial charge >= 0.3 is 18.2 Å². The van der Waals surface area contributed by atoms with Gasteiger partial charge in [0.05, 0.1) is 13.2 Å². The van der Waals surface area contributed by atoms with Crippen molar-refractivity contribution >= 4 is 22.7 Å². The van der Waals surface area contributed by atoms with Crippen molar-refractivity contribution in [3.8, 4) is 5.75 Å². The lowest BCUT2D eigenvalue weighted by molar-refractivity contribution is -0.284. The number of aryl methyl sites for hydroxylation is 1. The van der Waals surface area contributed by atoms with E-state index in [0.717, 1.165) is 36.8 Å². The summed E-state index contributed by atoms with van der Waals surface area (Å²) in [4.78, 5) is 27.9. The molecule has 2 saturated carbocycles. The smallest absolute Gasteiger partial charge is 0.410 e. The summed E-state index contributed by atoms with van der Waals surface area (Å²) < 4.78 is 88.2. The number of benzene rings is 1. The number of halogens is 5. The quantitative estimate of drug-likeness (QED) is 0.259. The van der Waals surface area contributed by atoms with Crippen molar-refractivity contribution in [2.24, 2.45) is 35.0 Å². The number of ketones is 1. The summed E-state index contributed by atoms with van der Waals surface area (Å²) in [5, 5.41) is 0. The highest BCUT2D eigenvalue weighted by molar-refractivity contribution is 7.84. The molecule has 0 spiro atoms. The average molecular weight is 674 g/mol. The Bertz CT molecular complexity index is 1360. The predicted molar refractivity (Wildman–Crippen MR) is 162 cm³/mol. The lowest BCUT2D eigenvalue weighted by Crippen LogP contribution is -2.46. The molecule has 6 nitrogen and oxygen atoms in total. The summed E-state index contributed by atoms with van der Waals surface area (Å²) in [5.74, 6) is -2.23. The fourth-order valence-electron chi connectivity index (χ4n) is 9.29. The minimum atomic E-state index is -5.60. The van der Waals surface area contributed by atoms with Crippen molar-refractivity contribution in [2.45, 2.75) is 89.7 Å². The molecule has 6 rings (SSSR count). The minimum absolute atomic E-state index is 0.184. The van der Waals surface area contributed by atoms with E-state index in [0.29, 0.717) is 68.9 Å². The number of carbonyl (C=O) groups excluding carboxylic acids is 2. The zero-order valence-electron chi connectivity index (χ0n) is 26.5. The van der Waals surface area contributed by atoms with Crippen molar-refractivity contribution in [3.05, 3.63) is 28.8 Å². The van der Waals surface area contributed by atoms with Gasteiger partial charge in [-0.1, -0.05) is 13.0 Å². The molecule has 0 bridgehead atoms. The number of ether oxygens (including phenoxy) is 2. The number of rotatable bonds is 9. The van der Waals surface area contributed by atoms with Crippen LogP contribution in [-0.2, 0) is 26.8 Å². The molecule has 1 aromatic rings. The van der Waals surface area contributed by atoms with E-state index in [1.165, 1.54) is 5.56 Å². The first-order valence-electron chi connectivity index (χ1n) is 16.7. The van der Waals surface area contributed by atoms with Gasteiger partial charge < -0.3 is 14.4 Å². The van der Waals surface area contributed by atoms with Crippen molar-refractivity contribution in [3.63, 3.8) is 0 Å². The van der Waals surface area contributed by atoms with Crippen molar-refractivity contribution < 1.29 is 45.2 Å². The Hall–Kier alpha value is -2.08. The molecule has 3 unspecified atom stereocenters. The molecule has 1 aromatic carbocycles. The highest BCUT2D eigenvalue weighted by atomic mass is 32.2. The standard InChI is InChI=1S/C34H44F5NO5S/c1-20-13-26-22(15-28(20)45-31(42)40-16-23-18-44-19-24(23)17-40)14-21(30-25(26)8-10-32(2)27(30)6-7-29(32)41)5-3-11-46(43)12-4-9-33(35,36)34(37,38)39/h13,15,21,23-25,27,30H,3-12,14,16-19H2,1-2H3/t21-,23?,24?,25-,27+,30-,32+,46?/m1/s1. The molecule has 12 heteroatoms. The van der Waals surface area contributed by atoms with Crippen LogP contribution in [0.1, 0.15) is 80.9 Å². The lowest BCUT2D eigenvalue weighted by Gasteiger charge is -2.52. The molecule has 0 radical (unpaired) electrons. The maximum atomic E-state index is 13.3. The van der Waals surface area contributed by atoms with Crippen LogP contribution < -0.4 is 4.74 Å². The van der Waals surface area contributed by atoms with Gasteiger partial charge in [-0.2, -0.15) is 22.0 Å². The molecule has 1 amide bonds. The highest BCUT2D eigenvalue weighted by Gasteiger charge is 2.57. The van der Waals surface area contributed by atoms with E-state index in [-0.39, 0.29) is 46.7 Å². The van der Waals surface area contributed by atoms with Gasteiger partial charge in [0.1, 0.15) is 11.5 Å². The van der Waals surface area contributed by atoms with E-state index in [9.17, 15) is 35.8 Å². The normalized spacial score (nSPS) is 32.9. The molecule has 46 heavy (non-hydrogen) atoms. The van der Waals surface area contributed by atoms with Gasteiger partial charge in [-0.25, -0.2) is 4.79 Å². The average Bonchev–Trinajstić information content (AvgIpc) is 3.67. The van der Waals surface area contributed by atoms with E-state index in [1.807, 2.05) is 13.0 Å². The molecule has 8 atom stereocenters. The summed E-state index contributed by atoms with van der Waals surface area (Å²) in [6, 6.07) is 4.15. The number of carbonyl (C=O) groups is 2. The molecule has 3 aliphatic carbocycles. The van der Waals surface area contributed by atoms with Crippen LogP contribution in [0.25, 0.3) is 0 Å². The zero-order chi connectivity index (χ0) is 33.0. The number of hydrogen-bond acceptors (Lipinski definition) is 5. The molecule has 256 valence electrons. The minimum Gasteiger partial charge on any atom is -0.410 e. The van der Waals surface area contributed by atoms with Crippen LogP contribution in [-0.4, -0.2) is 70.9 Å².